The number of likely N-dealkylation sites (N-methyl/N-ethyl adjacent to an activating group) is 1. The predicted molar refractivity (Wildman–Crippen MR) is 90.3 cm³/mol. The van der Waals surface area contributed by atoms with Crippen LogP contribution >= 0.6 is 11.3 Å². The summed E-state index contributed by atoms with van der Waals surface area (Å²) in [5.74, 6) is 1.49. The third-order valence-corrected chi connectivity index (χ3v) is 6.45. The lowest BCUT2D eigenvalue weighted by molar-refractivity contribution is 0.358. The maximum atomic E-state index is 3.64. The molecule has 0 amide bonds. The van der Waals surface area contributed by atoms with E-state index >= 15 is 0 Å². The molecule has 1 N–H and O–H groups in total. The number of thiophene rings is 1. The van der Waals surface area contributed by atoms with Gasteiger partial charge in [-0.05, 0) is 73.2 Å². The van der Waals surface area contributed by atoms with Gasteiger partial charge >= 0.3 is 0 Å². The van der Waals surface area contributed by atoms with Gasteiger partial charge in [0.2, 0.25) is 0 Å². The second-order valence-electron chi connectivity index (χ2n) is 6.53. The summed E-state index contributed by atoms with van der Waals surface area (Å²) in [5, 5.41) is 5.92. The third-order valence-electron chi connectivity index (χ3n) is 5.45. The monoisotopic (exact) mass is 297 g/mol. The zero-order chi connectivity index (χ0) is 14.2. The van der Waals surface area contributed by atoms with E-state index in [1.54, 1.807) is 21.6 Å². The zero-order valence-electron chi connectivity index (χ0n) is 12.6. The van der Waals surface area contributed by atoms with Gasteiger partial charge < -0.3 is 5.32 Å². The van der Waals surface area contributed by atoms with Gasteiger partial charge in [0, 0.05) is 16.8 Å². The summed E-state index contributed by atoms with van der Waals surface area (Å²) < 4.78 is 0. The highest BCUT2D eigenvalue weighted by atomic mass is 32.1. The van der Waals surface area contributed by atoms with Crippen LogP contribution in [0.5, 0.6) is 0 Å². The van der Waals surface area contributed by atoms with Crippen LogP contribution < -0.4 is 5.32 Å². The van der Waals surface area contributed by atoms with E-state index in [0.717, 1.165) is 11.8 Å². The van der Waals surface area contributed by atoms with Gasteiger partial charge in [0.15, 0.2) is 0 Å². The van der Waals surface area contributed by atoms with Crippen molar-refractivity contribution in [2.24, 2.45) is 0 Å². The Morgan fingerprint density at radius 3 is 3.00 bits per heavy atom. The first kappa shape index (κ1) is 13.5. The maximum Gasteiger partial charge on any atom is 0.0139 e. The summed E-state index contributed by atoms with van der Waals surface area (Å²) in [6.07, 6.45) is 6.57. The molecule has 2 aliphatic carbocycles. The first-order valence-corrected chi connectivity index (χ1v) is 9.06. The fourth-order valence-electron chi connectivity index (χ4n) is 4.30. The zero-order valence-corrected chi connectivity index (χ0v) is 13.5. The summed E-state index contributed by atoms with van der Waals surface area (Å²) in [7, 11) is 2.15. The van der Waals surface area contributed by atoms with Crippen molar-refractivity contribution in [3.63, 3.8) is 0 Å². The number of aryl methyl sites for hydroxylation is 1. The van der Waals surface area contributed by atoms with Crippen LogP contribution in [0.2, 0.25) is 0 Å². The van der Waals surface area contributed by atoms with Crippen LogP contribution in [0.1, 0.15) is 52.7 Å². The lowest BCUT2D eigenvalue weighted by Gasteiger charge is -2.37. The molecule has 1 aromatic heterocycles. The predicted octanol–water partition coefficient (Wildman–Crippen LogP) is 4.49. The number of fused-ring (bicyclic) bond motifs is 2. The quantitative estimate of drug-likeness (QED) is 0.877. The molecule has 0 saturated heterocycles. The summed E-state index contributed by atoms with van der Waals surface area (Å²) in [6.45, 7) is 0. The van der Waals surface area contributed by atoms with Gasteiger partial charge in [-0.1, -0.05) is 24.3 Å². The van der Waals surface area contributed by atoms with E-state index in [0.29, 0.717) is 6.04 Å². The van der Waals surface area contributed by atoms with E-state index in [2.05, 4.69) is 48.1 Å². The molecule has 21 heavy (non-hydrogen) atoms. The molecule has 3 atom stereocenters. The molecular weight excluding hydrogens is 274 g/mol. The van der Waals surface area contributed by atoms with E-state index in [9.17, 15) is 0 Å². The largest absolute Gasteiger partial charge is 0.316 e. The summed E-state index contributed by atoms with van der Waals surface area (Å²) in [4.78, 5) is 1.64. The SMILES string of the molecule is CNC(CC1Cc2ccccc21)C1CCCc2sccc21. The second-order valence-corrected chi connectivity index (χ2v) is 7.53. The van der Waals surface area contributed by atoms with Gasteiger partial charge in [-0.3, -0.25) is 0 Å². The van der Waals surface area contributed by atoms with Crippen molar-refractivity contribution < 1.29 is 0 Å². The van der Waals surface area contributed by atoms with Crippen molar-refractivity contribution in [1.82, 2.24) is 5.32 Å². The highest BCUT2D eigenvalue weighted by Crippen LogP contribution is 2.43. The molecule has 2 aliphatic rings. The molecule has 110 valence electrons. The van der Waals surface area contributed by atoms with Gasteiger partial charge in [0.25, 0.3) is 0 Å². The molecule has 0 bridgehead atoms. The topological polar surface area (TPSA) is 12.0 Å². The molecule has 0 radical (unpaired) electrons. The van der Waals surface area contributed by atoms with Crippen LogP contribution in [-0.4, -0.2) is 13.1 Å². The molecule has 1 nitrogen and oxygen atoms in total. The Morgan fingerprint density at radius 2 is 2.14 bits per heavy atom. The number of rotatable bonds is 4. The average Bonchev–Trinajstić information content (AvgIpc) is 2.97. The Labute approximate surface area is 131 Å². The van der Waals surface area contributed by atoms with Crippen LogP contribution in [0, 0.1) is 0 Å². The Kier molecular flexibility index (Phi) is 3.60. The minimum Gasteiger partial charge on any atom is -0.316 e. The highest BCUT2D eigenvalue weighted by Gasteiger charge is 2.33. The molecule has 0 saturated carbocycles. The molecule has 3 unspecified atom stereocenters. The molecule has 0 fully saturated rings. The van der Waals surface area contributed by atoms with Crippen molar-refractivity contribution in [3.05, 3.63) is 57.3 Å². The molecule has 1 heterocycles. The molecule has 0 spiro atoms. The van der Waals surface area contributed by atoms with Crippen molar-refractivity contribution in [1.29, 1.82) is 0 Å². The van der Waals surface area contributed by atoms with Crippen molar-refractivity contribution >= 4 is 11.3 Å². The lowest BCUT2D eigenvalue weighted by Crippen LogP contribution is -2.37. The Morgan fingerprint density at radius 1 is 1.24 bits per heavy atom. The van der Waals surface area contributed by atoms with Gasteiger partial charge in [0.1, 0.15) is 0 Å². The molecule has 2 aromatic rings. The maximum absolute atomic E-state index is 3.64. The van der Waals surface area contributed by atoms with Crippen molar-refractivity contribution in [3.8, 4) is 0 Å². The Bertz CT molecular complexity index is 630. The molecule has 2 heteroatoms. The van der Waals surface area contributed by atoms with Gasteiger partial charge in [-0.2, -0.15) is 0 Å². The second kappa shape index (κ2) is 5.58. The third kappa shape index (κ3) is 2.35. The Balaban J connectivity index is 1.52. The smallest absolute Gasteiger partial charge is 0.0139 e. The molecule has 1 aromatic carbocycles. The number of hydrogen-bond donors (Lipinski definition) is 1. The number of hydrogen-bond acceptors (Lipinski definition) is 2. The normalized spacial score (nSPS) is 24.8. The van der Waals surface area contributed by atoms with Crippen LogP contribution in [0.4, 0.5) is 0 Å². The van der Waals surface area contributed by atoms with E-state index < -0.39 is 0 Å². The van der Waals surface area contributed by atoms with Gasteiger partial charge in [0.05, 0.1) is 0 Å². The minimum atomic E-state index is 0.622. The number of nitrogens with one attached hydrogen (secondary N) is 1. The van der Waals surface area contributed by atoms with Gasteiger partial charge in [-0.15, -0.1) is 11.3 Å². The van der Waals surface area contributed by atoms with Crippen LogP contribution in [0.15, 0.2) is 35.7 Å². The fourth-order valence-corrected chi connectivity index (χ4v) is 5.30. The van der Waals surface area contributed by atoms with Crippen molar-refractivity contribution in [2.75, 3.05) is 7.05 Å². The fraction of sp³-hybridized carbons (Fsp3) is 0.474. The van der Waals surface area contributed by atoms with E-state index in [1.807, 2.05) is 11.3 Å². The van der Waals surface area contributed by atoms with Gasteiger partial charge in [-0.25, -0.2) is 0 Å². The Hall–Kier alpha value is -1.12. The van der Waals surface area contributed by atoms with Crippen LogP contribution in [0.3, 0.4) is 0 Å². The molecule has 4 rings (SSSR count). The lowest BCUT2D eigenvalue weighted by atomic mass is 9.71. The highest BCUT2D eigenvalue weighted by molar-refractivity contribution is 7.10. The van der Waals surface area contributed by atoms with E-state index in [1.165, 1.54) is 32.1 Å². The standard InChI is InChI=1S/C19H23NS/c1-20-18(12-14-11-13-5-2-3-6-15(13)14)16-7-4-8-19-17(16)9-10-21-19/h2-3,5-6,9-10,14,16,18,20H,4,7-8,11-12H2,1H3. The summed E-state index contributed by atoms with van der Waals surface area (Å²) in [5.41, 5.74) is 4.80. The average molecular weight is 297 g/mol. The summed E-state index contributed by atoms with van der Waals surface area (Å²) >= 11 is 1.96. The van der Waals surface area contributed by atoms with E-state index in [-0.39, 0.29) is 0 Å². The summed E-state index contributed by atoms with van der Waals surface area (Å²) in [6, 6.07) is 12.0. The first-order chi connectivity index (χ1) is 10.4. The van der Waals surface area contributed by atoms with Crippen LogP contribution in [-0.2, 0) is 12.8 Å². The number of benzene rings is 1. The first-order valence-electron chi connectivity index (χ1n) is 8.18. The van der Waals surface area contributed by atoms with Crippen molar-refractivity contribution in [2.45, 2.75) is 50.0 Å². The molecular formula is C19H23NS. The minimum absolute atomic E-state index is 0.622. The molecule has 0 aliphatic heterocycles. The van der Waals surface area contributed by atoms with E-state index in [4.69, 9.17) is 0 Å². The van der Waals surface area contributed by atoms with Crippen LogP contribution in [0.25, 0.3) is 0 Å².